The van der Waals surface area contributed by atoms with Crippen molar-refractivity contribution in [1.82, 2.24) is 19.8 Å². The van der Waals surface area contributed by atoms with Crippen LogP contribution >= 0.6 is 0 Å². The Morgan fingerprint density at radius 3 is 2.65 bits per heavy atom. The smallest absolute Gasteiger partial charge is 0.274 e. The third kappa shape index (κ3) is 2.93. The first-order valence-corrected chi connectivity index (χ1v) is 6.61. The number of piperazine rings is 1. The summed E-state index contributed by atoms with van der Waals surface area (Å²) >= 11 is 0. The van der Waals surface area contributed by atoms with Crippen LogP contribution in [0.1, 0.15) is 24.3 Å². The second-order valence-electron chi connectivity index (χ2n) is 5.10. The van der Waals surface area contributed by atoms with Gasteiger partial charge in [0, 0.05) is 38.1 Å². The highest BCUT2D eigenvalue weighted by Gasteiger charge is 2.35. The molecule has 7 heteroatoms. The lowest BCUT2D eigenvalue weighted by Crippen LogP contribution is -2.61. The molecule has 1 fully saturated rings. The fourth-order valence-electron chi connectivity index (χ4n) is 2.32. The Hall–Kier alpha value is -2.02. The zero-order chi connectivity index (χ0) is 14.7. The van der Waals surface area contributed by atoms with E-state index in [4.69, 9.17) is 5.73 Å². The molecule has 0 radical (unpaired) electrons. The Balaban J connectivity index is 2.18. The molecule has 1 aliphatic heterocycles. The van der Waals surface area contributed by atoms with E-state index < -0.39 is 11.9 Å². The number of rotatable bonds is 3. The molecule has 1 atom stereocenters. The molecule has 2 rings (SSSR count). The largest absolute Gasteiger partial charge is 0.368 e. The Kier molecular flexibility index (Phi) is 4.29. The van der Waals surface area contributed by atoms with E-state index in [9.17, 15) is 9.59 Å². The van der Waals surface area contributed by atoms with Crippen LogP contribution in [0.2, 0.25) is 0 Å². The van der Waals surface area contributed by atoms with Crippen molar-refractivity contribution in [1.29, 1.82) is 0 Å². The number of hydrogen-bond donors (Lipinski definition) is 1. The van der Waals surface area contributed by atoms with Gasteiger partial charge in [-0.2, -0.15) is 0 Å². The maximum atomic E-state index is 12.4. The topological polar surface area (TPSA) is 92.4 Å². The molecule has 0 spiro atoms. The van der Waals surface area contributed by atoms with Crippen LogP contribution in [0, 0.1) is 0 Å². The minimum absolute atomic E-state index is 0.233. The molecular formula is C13H19N5O2. The second kappa shape index (κ2) is 5.96. The van der Waals surface area contributed by atoms with Crippen LogP contribution in [-0.4, -0.2) is 63.3 Å². The molecule has 108 valence electrons. The lowest BCUT2D eigenvalue weighted by molar-refractivity contribution is -0.124. The van der Waals surface area contributed by atoms with Crippen LogP contribution in [0.3, 0.4) is 0 Å². The summed E-state index contributed by atoms with van der Waals surface area (Å²) in [6.07, 6.45) is 4.35. The highest BCUT2D eigenvalue weighted by Crippen LogP contribution is 2.14. The van der Waals surface area contributed by atoms with Crippen molar-refractivity contribution >= 4 is 11.8 Å². The third-order valence-corrected chi connectivity index (χ3v) is 3.51. The van der Waals surface area contributed by atoms with Gasteiger partial charge in [-0.05, 0) is 13.8 Å². The average molecular weight is 277 g/mol. The van der Waals surface area contributed by atoms with E-state index in [2.05, 4.69) is 28.7 Å². The van der Waals surface area contributed by atoms with Gasteiger partial charge in [-0.15, -0.1) is 0 Å². The van der Waals surface area contributed by atoms with Crippen LogP contribution < -0.4 is 5.73 Å². The summed E-state index contributed by atoms with van der Waals surface area (Å²) in [7, 11) is 0. The number of nitrogens with zero attached hydrogens (tertiary/aromatic N) is 4. The van der Waals surface area contributed by atoms with Crippen molar-refractivity contribution in [2.24, 2.45) is 5.73 Å². The normalized spacial score (nSPS) is 20.1. The number of primary amides is 1. The standard InChI is InChI=1S/C13H19N5O2/c1-9(2)17-5-6-18(11(8-17)12(14)19)13(20)10-7-15-3-4-16-10/h3-4,7,9,11H,5-6,8H2,1-2H3,(H2,14,19)/t11-/m1/s1. The van der Waals surface area contributed by atoms with Crippen molar-refractivity contribution < 1.29 is 9.59 Å². The van der Waals surface area contributed by atoms with Gasteiger partial charge >= 0.3 is 0 Å². The first-order chi connectivity index (χ1) is 9.50. The number of nitrogens with two attached hydrogens (primary N) is 1. The van der Waals surface area contributed by atoms with Gasteiger partial charge in [-0.3, -0.25) is 19.5 Å². The van der Waals surface area contributed by atoms with E-state index in [0.717, 1.165) is 0 Å². The Morgan fingerprint density at radius 2 is 2.10 bits per heavy atom. The van der Waals surface area contributed by atoms with Gasteiger partial charge < -0.3 is 10.6 Å². The Morgan fingerprint density at radius 1 is 1.35 bits per heavy atom. The number of amides is 2. The van der Waals surface area contributed by atoms with Gasteiger partial charge in [0.1, 0.15) is 11.7 Å². The molecule has 0 aromatic carbocycles. The van der Waals surface area contributed by atoms with Gasteiger partial charge in [0.05, 0.1) is 6.20 Å². The molecule has 7 nitrogen and oxygen atoms in total. The van der Waals surface area contributed by atoms with Gasteiger partial charge in [-0.1, -0.05) is 0 Å². The zero-order valence-corrected chi connectivity index (χ0v) is 11.7. The number of carbonyl (C=O) groups excluding carboxylic acids is 2. The predicted molar refractivity (Wildman–Crippen MR) is 72.8 cm³/mol. The van der Waals surface area contributed by atoms with Crippen LogP contribution in [-0.2, 0) is 4.79 Å². The molecule has 2 heterocycles. The quantitative estimate of drug-likeness (QED) is 0.804. The highest BCUT2D eigenvalue weighted by atomic mass is 16.2. The number of aromatic nitrogens is 2. The van der Waals surface area contributed by atoms with Gasteiger partial charge in [0.15, 0.2) is 0 Å². The molecule has 20 heavy (non-hydrogen) atoms. The third-order valence-electron chi connectivity index (χ3n) is 3.51. The Labute approximate surface area is 117 Å². The van der Waals surface area contributed by atoms with E-state index in [1.165, 1.54) is 23.5 Å². The Bertz CT molecular complexity index is 491. The maximum Gasteiger partial charge on any atom is 0.274 e. The van der Waals surface area contributed by atoms with Crippen LogP contribution in [0.4, 0.5) is 0 Å². The van der Waals surface area contributed by atoms with Crippen LogP contribution in [0.5, 0.6) is 0 Å². The first kappa shape index (κ1) is 14.4. The van der Waals surface area contributed by atoms with Crippen molar-refractivity contribution in [2.45, 2.75) is 25.9 Å². The molecule has 0 aliphatic carbocycles. The molecule has 0 bridgehead atoms. The minimum Gasteiger partial charge on any atom is -0.368 e. The SMILES string of the molecule is CC(C)N1CCN(C(=O)c2cnccn2)[C@@H](C(N)=O)C1. The zero-order valence-electron chi connectivity index (χ0n) is 11.7. The molecular weight excluding hydrogens is 258 g/mol. The second-order valence-corrected chi connectivity index (χ2v) is 5.10. The highest BCUT2D eigenvalue weighted by molar-refractivity contribution is 5.95. The van der Waals surface area contributed by atoms with Crippen LogP contribution in [0.15, 0.2) is 18.6 Å². The molecule has 0 unspecified atom stereocenters. The summed E-state index contributed by atoms with van der Waals surface area (Å²) < 4.78 is 0. The maximum absolute atomic E-state index is 12.4. The monoisotopic (exact) mass is 277 g/mol. The fourth-order valence-corrected chi connectivity index (χ4v) is 2.32. The van der Waals surface area contributed by atoms with Crippen molar-refractivity contribution in [3.05, 3.63) is 24.3 Å². The van der Waals surface area contributed by atoms with Crippen molar-refractivity contribution in [2.75, 3.05) is 19.6 Å². The minimum atomic E-state index is -0.624. The van der Waals surface area contributed by atoms with Crippen LogP contribution in [0.25, 0.3) is 0 Å². The molecule has 2 N–H and O–H groups in total. The summed E-state index contributed by atoms with van der Waals surface area (Å²) in [6, 6.07) is -0.314. The van der Waals surface area contributed by atoms with E-state index in [0.29, 0.717) is 25.7 Å². The van der Waals surface area contributed by atoms with E-state index in [1.54, 1.807) is 0 Å². The molecule has 1 aliphatic rings. The van der Waals surface area contributed by atoms with E-state index in [-0.39, 0.29) is 11.6 Å². The molecule has 1 aromatic rings. The van der Waals surface area contributed by atoms with Gasteiger partial charge in [-0.25, -0.2) is 4.98 Å². The lowest BCUT2D eigenvalue weighted by Gasteiger charge is -2.41. The predicted octanol–water partition coefficient (Wildman–Crippen LogP) is -0.503. The van der Waals surface area contributed by atoms with Crippen molar-refractivity contribution in [3.63, 3.8) is 0 Å². The van der Waals surface area contributed by atoms with Gasteiger partial charge in [0.25, 0.3) is 5.91 Å². The average Bonchev–Trinajstić information content (AvgIpc) is 2.46. The van der Waals surface area contributed by atoms with Gasteiger partial charge in [0.2, 0.25) is 5.91 Å². The van der Waals surface area contributed by atoms with E-state index in [1.807, 2.05) is 0 Å². The summed E-state index contributed by atoms with van der Waals surface area (Å²) in [4.78, 5) is 35.5. The summed E-state index contributed by atoms with van der Waals surface area (Å²) in [5, 5.41) is 0. The van der Waals surface area contributed by atoms with E-state index >= 15 is 0 Å². The fraction of sp³-hybridized carbons (Fsp3) is 0.538. The molecule has 2 amide bonds. The van der Waals surface area contributed by atoms with Crippen molar-refractivity contribution in [3.8, 4) is 0 Å². The number of hydrogen-bond acceptors (Lipinski definition) is 5. The molecule has 0 saturated carbocycles. The summed E-state index contributed by atoms with van der Waals surface area (Å²) in [5.74, 6) is -0.794. The molecule has 1 aromatic heterocycles. The first-order valence-electron chi connectivity index (χ1n) is 6.61. The lowest BCUT2D eigenvalue weighted by atomic mass is 10.1. The summed E-state index contributed by atoms with van der Waals surface area (Å²) in [6.45, 7) is 5.74. The summed E-state index contributed by atoms with van der Waals surface area (Å²) in [5.41, 5.74) is 5.67. The number of carbonyl (C=O) groups is 2. The molecule has 1 saturated heterocycles.